The van der Waals surface area contributed by atoms with E-state index in [-0.39, 0.29) is 12.4 Å². The molecule has 5 heteroatoms. The minimum atomic E-state index is 0. The first kappa shape index (κ1) is 16.7. The number of nitrogens with one attached hydrogen (secondary N) is 1. The molecule has 0 aliphatic carbocycles. The Balaban J connectivity index is 0.00000180. The van der Waals surface area contributed by atoms with Crippen molar-refractivity contribution in [2.45, 2.75) is 33.1 Å². The number of hydrogen-bond acceptors (Lipinski definition) is 3. The normalized spacial score (nSPS) is 22.2. The number of halogens is 1. The van der Waals surface area contributed by atoms with Gasteiger partial charge in [0.2, 0.25) is 5.91 Å². The summed E-state index contributed by atoms with van der Waals surface area (Å²) >= 11 is 0. The number of carbonyl (C=O) groups excluding carboxylic acids is 1. The number of carbonyl (C=O) groups is 1. The third-order valence-corrected chi connectivity index (χ3v) is 4.66. The molecular formula is C14H28ClN3O. The highest BCUT2D eigenvalue weighted by molar-refractivity contribution is 5.85. The summed E-state index contributed by atoms with van der Waals surface area (Å²) in [6.45, 7) is 10.9. The lowest BCUT2D eigenvalue weighted by Crippen LogP contribution is -2.42. The zero-order valence-electron chi connectivity index (χ0n) is 12.3. The van der Waals surface area contributed by atoms with Gasteiger partial charge >= 0.3 is 0 Å². The van der Waals surface area contributed by atoms with Gasteiger partial charge in [0, 0.05) is 19.6 Å². The third-order valence-electron chi connectivity index (χ3n) is 4.66. The number of rotatable bonds is 4. The molecular weight excluding hydrogens is 262 g/mol. The van der Waals surface area contributed by atoms with Gasteiger partial charge in [-0.25, -0.2) is 0 Å². The van der Waals surface area contributed by atoms with Gasteiger partial charge < -0.3 is 10.2 Å². The monoisotopic (exact) mass is 289 g/mol. The highest BCUT2D eigenvalue weighted by Gasteiger charge is 2.39. The van der Waals surface area contributed by atoms with E-state index in [0.29, 0.717) is 17.9 Å². The summed E-state index contributed by atoms with van der Waals surface area (Å²) in [5.41, 5.74) is 0.509. The molecule has 2 saturated heterocycles. The zero-order chi connectivity index (χ0) is 13.0. The van der Waals surface area contributed by atoms with Crippen molar-refractivity contribution < 1.29 is 4.79 Å². The van der Waals surface area contributed by atoms with Crippen LogP contribution >= 0.6 is 12.4 Å². The molecule has 2 rings (SSSR count). The third kappa shape index (κ3) is 4.07. The van der Waals surface area contributed by atoms with Crippen molar-refractivity contribution in [2.75, 3.05) is 45.8 Å². The van der Waals surface area contributed by atoms with Crippen LogP contribution in [0.1, 0.15) is 33.1 Å². The van der Waals surface area contributed by atoms with Gasteiger partial charge in [0.1, 0.15) is 0 Å². The van der Waals surface area contributed by atoms with Gasteiger partial charge in [-0.2, -0.15) is 0 Å². The molecule has 2 aliphatic rings. The first-order valence-corrected chi connectivity index (χ1v) is 7.40. The SMILES string of the molecule is CCN(CC)C(=O)CN1CCC2(CCNCC2)C1.Cl. The van der Waals surface area contributed by atoms with Crippen LogP contribution in [0.2, 0.25) is 0 Å². The maximum absolute atomic E-state index is 12.1. The summed E-state index contributed by atoms with van der Waals surface area (Å²) in [7, 11) is 0. The Kier molecular flexibility index (Phi) is 6.57. The van der Waals surface area contributed by atoms with Crippen LogP contribution in [-0.2, 0) is 4.79 Å². The molecule has 0 bridgehead atoms. The van der Waals surface area contributed by atoms with Crippen LogP contribution < -0.4 is 5.32 Å². The van der Waals surface area contributed by atoms with E-state index in [9.17, 15) is 4.79 Å². The second-order valence-electron chi connectivity index (χ2n) is 5.78. The molecule has 0 aromatic carbocycles. The van der Waals surface area contributed by atoms with Crippen molar-refractivity contribution in [3.8, 4) is 0 Å². The molecule has 2 heterocycles. The fourth-order valence-corrected chi connectivity index (χ4v) is 3.40. The Bertz CT molecular complexity index is 288. The number of likely N-dealkylation sites (tertiary alicyclic amines) is 1. The van der Waals surface area contributed by atoms with Crippen LogP contribution in [0.5, 0.6) is 0 Å². The lowest BCUT2D eigenvalue weighted by Gasteiger charge is -2.34. The average molecular weight is 290 g/mol. The van der Waals surface area contributed by atoms with Crippen molar-refractivity contribution in [3.63, 3.8) is 0 Å². The van der Waals surface area contributed by atoms with Crippen LogP contribution in [0.3, 0.4) is 0 Å². The van der Waals surface area contributed by atoms with Gasteiger partial charge in [-0.1, -0.05) is 0 Å². The van der Waals surface area contributed by atoms with E-state index in [4.69, 9.17) is 0 Å². The van der Waals surface area contributed by atoms with E-state index in [1.54, 1.807) is 0 Å². The summed E-state index contributed by atoms with van der Waals surface area (Å²) in [5, 5.41) is 3.43. The first-order chi connectivity index (χ1) is 8.69. The summed E-state index contributed by atoms with van der Waals surface area (Å²) in [4.78, 5) is 16.4. The molecule has 1 spiro atoms. The van der Waals surface area contributed by atoms with Gasteiger partial charge in [0.05, 0.1) is 6.54 Å². The van der Waals surface area contributed by atoms with E-state index >= 15 is 0 Å². The Morgan fingerprint density at radius 1 is 1.21 bits per heavy atom. The Morgan fingerprint density at radius 3 is 2.42 bits per heavy atom. The summed E-state index contributed by atoms with van der Waals surface area (Å²) in [5.74, 6) is 0.297. The van der Waals surface area contributed by atoms with E-state index in [0.717, 1.165) is 39.3 Å². The van der Waals surface area contributed by atoms with Crippen LogP contribution in [0, 0.1) is 5.41 Å². The van der Waals surface area contributed by atoms with Crippen molar-refractivity contribution >= 4 is 18.3 Å². The number of nitrogens with zero attached hydrogens (tertiary/aromatic N) is 2. The van der Waals surface area contributed by atoms with Gasteiger partial charge in [0.15, 0.2) is 0 Å². The molecule has 112 valence electrons. The number of amides is 1. The van der Waals surface area contributed by atoms with Crippen LogP contribution in [0.4, 0.5) is 0 Å². The molecule has 0 atom stereocenters. The molecule has 1 amide bonds. The quantitative estimate of drug-likeness (QED) is 0.849. The van der Waals surface area contributed by atoms with Crippen LogP contribution in [-0.4, -0.2) is 61.5 Å². The maximum atomic E-state index is 12.1. The fraction of sp³-hybridized carbons (Fsp3) is 0.929. The van der Waals surface area contributed by atoms with Gasteiger partial charge in [0.25, 0.3) is 0 Å². The minimum Gasteiger partial charge on any atom is -0.342 e. The molecule has 2 fully saturated rings. The van der Waals surface area contributed by atoms with Crippen molar-refractivity contribution in [3.05, 3.63) is 0 Å². The molecule has 0 aromatic rings. The first-order valence-electron chi connectivity index (χ1n) is 7.40. The summed E-state index contributed by atoms with van der Waals surface area (Å²) < 4.78 is 0. The number of hydrogen-bond donors (Lipinski definition) is 1. The van der Waals surface area contributed by atoms with Gasteiger partial charge in [-0.05, 0) is 58.2 Å². The lowest BCUT2D eigenvalue weighted by molar-refractivity contribution is -0.131. The van der Waals surface area contributed by atoms with Gasteiger partial charge in [-0.15, -0.1) is 12.4 Å². The lowest BCUT2D eigenvalue weighted by atomic mass is 9.78. The predicted molar refractivity (Wildman–Crippen MR) is 80.8 cm³/mol. The molecule has 2 aliphatic heterocycles. The Hall–Kier alpha value is -0.320. The molecule has 0 unspecified atom stereocenters. The maximum Gasteiger partial charge on any atom is 0.236 e. The average Bonchev–Trinajstić information content (AvgIpc) is 2.74. The van der Waals surface area contributed by atoms with E-state index in [1.807, 2.05) is 4.90 Å². The molecule has 1 N–H and O–H groups in total. The molecule has 4 nitrogen and oxygen atoms in total. The highest BCUT2D eigenvalue weighted by Crippen LogP contribution is 2.38. The summed E-state index contributed by atoms with van der Waals surface area (Å²) in [6, 6.07) is 0. The van der Waals surface area contributed by atoms with E-state index in [2.05, 4.69) is 24.1 Å². The highest BCUT2D eigenvalue weighted by atomic mass is 35.5. The van der Waals surface area contributed by atoms with Crippen molar-refractivity contribution in [2.24, 2.45) is 5.41 Å². The van der Waals surface area contributed by atoms with Gasteiger partial charge in [-0.3, -0.25) is 9.69 Å². The fourth-order valence-electron chi connectivity index (χ4n) is 3.40. The standard InChI is InChI=1S/C14H27N3O.ClH/c1-3-17(4-2)13(18)11-16-10-7-14(12-16)5-8-15-9-6-14;/h15H,3-12H2,1-2H3;1H. The Labute approximate surface area is 123 Å². The second kappa shape index (κ2) is 7.46. The zero-order valence-corrected chi connectivity index (χ0v) is 13.1. The summed E-state index contributed by atoms with van der Waals surface area (Å²) in [6.07, 6.45) is 3.84. The van der Waals surface area contributed by atoms with E-state index < -0.39 is 0 Å². The topological polar surface area (TPSA) is 35.6 Å². The van der Waals surface area contributed by atoms with E-state index in [1.165, 1.54) is 19.3 Å². The largest absolute Gasteiger partial charge is 0.342 e. The predicted octanol–water partition coefficient (Wildman–Crippen LogP) is 1.35. The second-order valence-corrected chi connectivity index (χ2v) is 5.78. The van der Waals surface area contributed by atoms with Crippen LogP contribution in [0.25, 0.3) is 0 Å². The molecule has 0 aromatic heterocycles. The Morgan fingerprint density at radius 2 is 1.84 bits per heavy atom. The smallest absolute Gasteiger partial charge is 0.236 e. The molecule has 19 heavy (non-hydrogen) atoms. The van der Waals surface area contributed by atoms with Crippen molar-refractivity contribution in [1.29, 1.82) is 0 Å². The molecule has 0 radical (unpaired) electrons. The number of likely N-dealkylation sites (N-methyl/N-ethyl adjacent to an activating group) is 1. The molecule has 0 saturated carbocycles. The minimum absolute atomic E-state index is 0. The van der Waals surface area contributed by atoms with Crippen molar-refractivity contribution in [1.82, 2.24) is 15.1 Å². The van der Waals surface area contributed by atoms with Crippen LogP contribution in [0.15, 0.2) is 0 Å². The number of piperidine rings is 1.